The molecule has 1 unspecified atom stereocenters. The second kappa shape index (κ2) is 5.94. The van der Waals surface area contributed by atoms with Gasteiger partial charge in [-0.3, -0.25) is 0 Å². The molecule has 0 radical (unpaired) electrons. The zero-order valence-corrected chi connectivity index (χ0v) is 12.5. The van der Waals surface area contributed by atoms with Gasteiger partial charge < -0.3 is 5.32 Å². The van der Waals surface area contributed by atoms with Gasteiger partial charge in [0, 0.05) is 11.4 Å². The lowest BCUT2D eigenvalue weighted by Gasteiger charge is -2.15. The van der Waals surface area contributed by atoms with Crippen LogP contribution in [-0.4, -0.2) is 11.0 Å². The summed E-state index contributed by atoms with van der Waals surface area (Å²) in [5.74, 6) is 0.666. The largest absolute Gasteiger partial charge is 0.366 e. The van der Waals surface area contributed by atoms with E-state index in [0.29, 0.717) is 11.4 Å². The summed E-state index contributed by atoms with van der Waals surface area (Å²) in [5, 5.41) is 17.9. The third-order valence-electron chi connectivity index (χ3n) is 3.35. The Morgan fingerprint density at radius 1 is 1.33 bits per heavy atom. The molecule has 0 saturated heterocycles. The van der Waals surface area contributed by atoms with Crippen molar-refractivity contribution in [3.8, 4) is 6.07 Å². The van der Waals surface area contributed by atoms with Crippen molar-refractivity contribution in [3.63, 3.8) is 0 Å². The molecule has 104 valence electrons. The van der Waals surface area contributed by atoms with Crippen molar-refractivity contribution in [2.75, 3.05) is 5.32 Å². The van der Waals surface area contributed by atoms with Crippen molar-refractivity contribution in [2.24, 2.45) is 0 Å². The van der Waals surface area contributed by atoms with Crippen LogP contribution in [0.5, 0.6) is 0 Å². The van der Waals surface area contributed by atoms with E-state index in [1.807, 2.05) is 30.3 Å². The Morgan fingerprint density at radius 3 is 2.95 bits per heavy atom. The fraction of sp³-hybridized carbons (Fsp3) is 0.176. The smallest absolute Gasteiger partial charge is 0.144 e. The van der Waals surface area contributed by atoms with E-state index in [-0.39, 0.29) is 6.04 Å². The van der Waals surface area contributed by atoms with Gasteiger partial charge in [-0.2, -0.15) is 16.6 Å². The average Bonchev–Trinajstić information content (AvgIpc) is 2.99. The van der Waals surface area contributed by atoms with Gasteiger partial charge >= 0.3 is 0 Å². The highest BCUT2D eigenvalue weighted by Gasteiger charge is 2.10. The van der Waals surface area contributed by atoms with E-state index in [9.17, 15) is 5.26 Å². The number of anilines is 1. The van der Waals surface area contributed by atoms with Crippen LogP contribution in [-0.2, 0) is 6.42 Å². The molecule has 0 spiro atoms. The molecule has 0 aliphatic rings. The fourth-order valence-corrected chi connectivity index (χ4v) is 3.04. The van der Waals surface area contributed by atoms with Crippen molar-refractivity contribution in [1.82, 2.24) is 4.98 Å². The summed E-state index contributed by atoms with van der Waals surface area (Å²) >= 11 is 1.70. The predicted molar refractivity (Wildman–Crippen MR) is 87.6 cm³/mol. The number of nitriles is 1. The predicted octanol–water partition coefficient (Wildman–Crippen LogP) is 4.21. The van der Waals surface area contributed by atoms with Crippen molar-refractivity contribution >= 4 is 28.1 Å². The van der Waals surface area contributed by atoms with Crippen LogP contribution in [0.15, 0.2) is 47.2 Å². The van der Waals surface area contributed by atoms with E-state index >= 15 is 0 Å². The minimum absolute atomic E-state index is 0.223. The molecule has 0 aliphatic heterocycles. The maximum atomic E-state index is 9.32. The van der Waals surface area contributed by atoms with Gasteiger partial charge in [-0.05, 0) is 47.9 Å². The lowest BCUT2D eigenvalue weighted by atomic mass is 10.1. The summed E-state index contributed by atoms with van der Waals surface area (Å²) in [6, 6.07) is 14.3. The molecule has 21 heavy (non-hydrogen) atoms. The second-order valence-corrected chi connectivity index (χ2v) is 5.85. The van der Waals surface area contributed by atoms with Gasteiger partial charge in [0.2, 0.25) is 0 Å². The molecule has 0 amide bonds. The van der Waals surface area contributed by atoms with Gasteiger partial charge in [0.05, 0.1) is 11.1 Å². The number of rotatable bonds is 4. The quantitative estimate of drug-likeness (QED) is 0.784. The normalized spacial score (nSPS) is 12.0. The number of hydrogen-bond donors (Lipinski definition) is 1. The summed E-state index contributed by atoms with van der Waals surface area (Å²) in [4.78, 5) is 4.58. The van der Waals surface area contributed by atoms with Gasteiger partial charge in [-0.15, -0.1) is 0 Å². The van der Waals surface area contributed by atoms with E-state index in [1.54, 1.807) is 11.3 Å². The summed E-state index contributed by atoms with van der Waals surface area (Å²) in [6.07, 6.45) is 0.920. The number of benzene rings is 1. The molecule has 4 heteroatoms. The molecule has 0 aliphatic carbocycles. The summed E-state index contributed by atoms with van der Waals surface area (Å²) in [7, 11) is 0. The lowest BCUT2D eigenvalue weighted by Crippen LogP contribution is -2.19. The molecule has 1 N–H and O–H groups in total. The Kier molecular flexibility index (Phi) is 3.85. The Bertz CT molecular complexity index is 787. The Labute approximate surface area is 127 Å². The van der Waals surface area contributed by atoms with Crippen LogP contribution in [0.4, 0.5) is 5.82 Å². The average molecular weight is 293 g/mol. The highest BCUT2D eigenvalue weighted by Crippen LogP contribution is 2.21. The SMILES string of the molecule is CC(Cc1ccsc1)Nc1nc2ccccc2cc1C#N. The number of thiophene rings is 1. The summed E-state index contributed by atoms with van der Waals surface area (Å²) < 4.78 is 0. The number of nitrogens with zero attached hydrogens (tertiary/aromatic N) is 2. The first-order valence-corrected chi connectivity index (χ1v) is 7.78. The monoisotopic (exact) mass is 293 g/mol. The number of hydrogen-bond acceptors (Lipinski definition) is 4. The molecular weight excluding hydrogens is 278 g/mol. The first kappa shape index (κ1) is 13.6. The molecular formula is C17H15N3S. The molecule has 0 fully saturated rings. The fourth-order valence-electron chi connectivity index (χ4n) is 2.36. The number of pyridine rings is 1. The van der Waals surface area contributed by atoms with Crippen LogP contribution >= 0.6 is 11.3 Å². The van der Waals surface area contributed by atoms with E-state index in [4.69, 9.17) is 0 Å². The number of para-hydroxylation sites is 1. The molecule has 1 atom stereocenters. The molecule has 0 bridgehead atoms. The Morgan fingerprint density at radius 2 is 2.19 bits per heavy atom. The molecule has 3 rings (SSSR count). The van der Waals surface area contributed by atoms with Gasteiger partial charge in [0.15, 0.2) is 0 Å². The zero-order valence-electron chi connectivity index (χ0n) is 11.7. The molecule has 3 aromatic rings. The maximum Gasteiger partial charge on any atom is 0.144 e. The van der Waals surface area contributed by atoms with Crippen LogP contribution in [0.3, 0.4) is 0 Å². The molecule has 3 nitrogen and oxygen atoms in total. The molecule has 2 aromatic heterocycles. The van der Waals surface area contributed by atoms with Crippen molar-refractivity contribution in [3.05, 3.63) is 58.3 Å². The van der Waals surface area contributed by atoms with Crippen molar-refractivity contribution in [2.45, 2.75) is 19.4 Å². The van der Waals surface area contributed by atoms with E-state index in [0.717, 1.165) is 17.3 Å². The van der Waals surface area contributed by atoms with Crippen LogP contribution in [0.2, 0.25) is 0 Å². The van der Waals surface area contributed by atoms with Crippen LogP contribution in [0.1, 0.15) is 18.1 Å². The van der Waals surface area contributed by atoms with Crippen LogP contribution < -0.4 is 5.32 Å². The summed E-state index contributed by atoms with van der Waals surface area (Å²) in [6.45, 7) is 2.11. The minimum atomic E-state index is 0.223. The van der Waals surface area contributed by atoms with E-state index in [1.165, 1.54) is 5.56 Å². The first-order chi connectivity index (χ1) is 10.3. The second-order valence-electron chi connectivity index (χ2n) is 5.07. The van der Waals surface area contributed by atoms with Gasteiger partial charge in [-0.25, -0.2) is 4.98 Å². The zero-order chi connectivity index (χ0) is 14.7. The standard InChI is InChI=1S/C17H15N3S/c1-12(8-13-6-7-21-11-13)19-17-15(10-18)9-14-4-2-3-5-16(14)20-17/h2-7,9,11-12H,8H2,1H3,(H,19,20). The van der Waals surface area contributed by atoms with Gasteiger partial charge in [0.25, 0.3) is 0 Å². The highest BCUT2D eigenvalue weighted by molar-refractivity contribution is 7.07. The van der Waals surface area contributed by atoms with Crippen molar-refractivity contribution < 1.29 is 0 Å². The summed E-state index contributed by atoms with van der Waals surface area (Å²) in [5.41, 5.74) is 2.80. The first-order valence-electron chi connectivity index (χ1n) is 6.84. The van der Waals surface area contributed by atoms with Crippen molar-refractivity contribution in [1.29, 1.82) is 5.26 Å². The molecule has 0 saturated carbocycles. The number of fused-ring (bicyclic) bond motifs is 1. The number of nitrogens with one attached hydrogen (secondary N) is 1. The Hall–Kier alpha value is -2.38. The molecule has 2 heterocycles. The van der Waals surface area contributed by atoms with E-state index in [2.05, 4.69) is 40.1 Å². The van der Waals surface area contributed by atoms with Crippen LogP contribution in [0.25, 0.3) is 10.9 Å². The lowest BCUT2D eigenvalue weighted by molar-refractivity contribution is 0.787. The number of aromatic nitrogens is 1. The highest BCUT2D eigenvalue weighted by atomic mass is 32.1. The minimum Gasteiger partial charge on any atom is -0.366 e. The topological polar surface area (TPSA) is 48.7 Å². The Balaban J connectivity index is 1.87. The van der Waals surface area contributed by atoms with E-state index < -0.39 is 0 Å². The molecule has 1 aromatic carbocycles. The third kappa shape index (κ3) is 3.04. The van der Waals surface area contributed by atoms with Gasteiger partial charge in [-0.1, -0.05) is 18.2 Å². The van der Waals surface area contributed by atoms with Gasteiger partial charge in [0.1, 0.15) is 11.9 Å². The maximum absolute atomic E-state index is 9.32. The third-order valence-corrected chi connectivity index (χ3v) is 4.08. The van der Waals surface area contributed by atoms with Crippen LogP contribution in [0, 0.1) is 11.3 Å².